The molecule has 1 aliphatic carbocycles. The fourth-order valence-corrected chi connectivity index (χ4v) is 4.37. The fraction of sp³-hybridized carbons (Fsp3) is 0.529. The van der Waals surface area contributed by atoms with Gasteiger partial charge in [0.05, 0.1) is 0 Å². The highest BCUT2D eigenvalue weighted by atomic mass is 32.1. The topological polar surface area (TPSA) is 15.3 Å². The zero-order chi connectivity index (χ0) is 14.5. The Kier molecular flexibility index (Phi) is 5.47. The van der Waals surface area contributed by atoms with E-state index in [0.717, 1.165) is 19.0 Å². The molecular weight excluding hydrogens is 296 g/mol. The summed E-state index contributed by atoms with van der Waals surface area (Å²) >= 11 is 3.73. The van der Waals surface area contributed by atoms with Crippen LogP contribution in [0.2, 0.25) is 0 Å². The van der Waals surface area contributed by atoms with Gasteiger partial charge in [0.15, 0.2) is 0 Å². The summed E-state index contributed by atoms with van der Waals surface area (Å²) in [6.07, 6.45) is 3.91. The third kappa shape index (κ3) is 4.39. The summed E-state index contributed by atoms with van der Waals surface area (Å²) in [4.78, 5) is 5.54. The predicted octanol–water partition coefficient (Wildman–Crippen LogP) is 4.17. The van der Waals surface area contributed by atoms with Gasteiger partial charge in [-0.1, -0.05) is 19.1 Å². The Hall–Kier alpha value is -0.680. The second-order valence-electron chi connectivity index (χ2n) is 5.67. The molecule has 0 amide bonds. The summed E-state index contributed by atoms with van der Waals surface area (Å²) in [5, 5.41) is 8.14. The van der Waals surface area contributed by atoms with Crippen LogP contribution in [0.5, 0.6) is 0 Å². The number of hydrogen-bond donors (Lipinski definition) is 1. The van der Waals surface area contributed by atoms with Gasteiger partial charge in [-0.3, -0.25) is 4.90 Å². The van der Waals surface area contributed by atoms with Crippen LogP contribution in [0.3, 0.4) is 0 Å². The highest BCUT2D eigenvalue weighted by Gasteiger charge is 2.27. The Morgan fingerprint density at radius 1 is 1.24 bits per heavy atom. The minimum Gasteiger partial charge on any atom is -0.308 e. The molecule has 0 spiro atoms. The van der Waals surface area contributed by atoms with E-state index in [2.05, 4.69) is 52.2 Å². The lowest BCUT2D eigenvalue weighted by molar-refractivity contribution is 0.272. The van der Waals surface area contributed by atoms with Gasteiger partial charge in [-0.05, 0) is 42.3 Å². The average Bonchev–Trinajstić information content (AvgIpc) is 2.99. The molecule has 2 nitrogen and oxygen atoms in total. The molecule has 0 radical (unpaired) electrons. The first-order chi connectivity index (χ1) is 10.4. The lowest BCUT2D eigenvalue weighted by Crippen LogP contribution is -2.35. The molecule has 3 rings (SSSR count). The van der Waals surface area contributed by atoms with Crippen molar-refractivity contribution in [1.82, 2.24) is 10.2 Å². The largest absolute Gasteiger partial charge is 0.308 e. The first kappa shape index (κ1) is 15.2. The number of likely N-dealkylation sites (N-methyl/N-ethyl adjacent to an activating group) is 1. The van der Waals surface area contributed by atoms with Crippen molar-refractivity contribution in [2.24, 2.45) is 0 Å². The van der Waals surface area contributed by atoms with Gasteiger partial charge in [-0.25, -0.2) is 0 Å². The number of nitrogens with one attached hydrogen (secondary N) is 1. The van der Waals surface area contributed by atoms with Crippen LogP contribution in [0.4, 0.5) is 0 Å². The van der Waals surface area contributed by atoms with Crippen molar-refractivity contribution in [2.45, 2.75) is 38.3 Å². The van der Waals surface area contributed by atoms with Crippen molar-refractivity contribution < 1.29 is 0 Å². The van der Waals surface area contributed by atoms with E-state index in [1.807, 2.05) is 22.7 Å². The number of hydrogen-bond acceptors (Lipinski definition) is 4. The molecule has 1 aliphatic rings. The lowest BCUT2D eigenvalue weighted by Gasteiger charge is -2.22. The van der Waals surface area contributed by atoms with E-state index in [4.69, 9.17) is 0 Å². The molecule has 114 valence electrons. The minimum atomic E-state index is 0.460. The first-order valence-electron chi connectivity index (χ1n) is 7.90. The van der Waals surface area contributed by atoms with E-state index in [1.165, 1.54) is 35.7 Å². The van der Waals surface area contributed by atoms with Crippen LogP contribution < -0.4 is 5.32 Å². The Bertz CT molecular complexity index is 503. The van der Waals surface area contributed by atoms with Gasteiger partial charge in [0.25, 0.3) is 0 Å². The maximum Gasteiger partial charge on any atom is 0.0464 e. The van der Waals surface area contributed by atoms with Crippen LogP contribution in [0, 0.1) is 0 Å². The summed E-state index contributed by atoms with van der Waals surface area (Å²) in [5.74, 6) is 0. The molecule has 0 aromatic carbocycles. The molecule has 0 bridgehead atoms. The quantitative estimate of drug-likeness (QED) is 0.746. The molecule has 2 heterocycles. The molecule has 0 aliphatic heterocycles. The van der Waals surface area contributed by atoms with E-state index in [9.17, 15) is 0 Å². The summed E-state index contributed by atoms with van der Waals surface area (Å²) in [5.41, 5.74) is 0. The van der Waals surface area contributed by atoms with Crippen molar-refractivity contribution in [3.8, 4) is 0 Å². The Morgan fingerprint density at radius 3 is 2.67 bits per heavy atom. The second-order valence-corrected chi connectivity index (χ2v) is 7.68. The molecule has 2 aromatic heterocycles. The summed E-state index contributed by atoms with van der Waals surface area (Å²) in [6, 6.07) is 10.1. The Morgan fingerprint density at radius 2 is 2.05 bits per heavy atom. The highest BCUT2D eigenvalue weighted by Crippen LogP contribution is 2.27. The van der Waals surface area contributed by atoms with Crippen molar-refractivity contribution in [3.63, 3.8) is 0 Å². The smallest absolute Gasteiger partial charge is 0.0464 e. The van der Waals surface area contributed by atoms with Crippen molar-refractivity contribution in [1.29, 1.82) is 0 Å². The van der Waals surface area contributed by atoms with Crippen molar-refractivity contribution in [2.75, 3.05) is 19.6 Å². The number of thiophene rings is 2. The number of nitrogens with zero attached hydrogens (tertiary/aromatic N) is 1. The van der Waals surface area contributed by atoms with Crippen LogP contribution in [0.1, 0.15) is 35.6 Å². The Balaban J connectivity index is 1.54. The van der Waals surface area contributed by atoms with Crippen LogP contribution in [-0.4, -0.2) is 30.6 Å². The summed E-state index contributed by atoms with van der Waals surface area (Å²) < 4.78 is 0. The van der Waals surface area contributed by atoms with E-state index >= 15 is 0 Å². The normalized spacial score (nSPS) is 16.5. The van der Waals surface area contributed by atoms with E-state index < -0.39 is 0 Å². The average molecular weight is 321 g/mol. The molecular formula is C17H24N2S2. The molecule has 4 heteroatoms. The molecule has 1 atom stereocenters. The fourth-order valence-electron chi connectivity index (χ4n) is 2.81. The van der Waals surface area contributed by atoms with Gasteiger partial charge < -0.3 is 5.32 Å². The third-order valence-electron chi connectivity index (χ3n) is 4.13. The van der Waals surface area contributed by atoms with E-state index in [-0.39, 0.29) is 0 Å². The zero-order valence-corrected chi connectivity index (χ0v) is 14.3. The highest BCUT2D eigenvalue weighted by molar-refractivity contribution is 7.10. The molecule has 21 heavy (non-hydrogen) atoms. The molecule has 1 N–H and O–H groups in total. The lowest BCUT2D eigenvalue weighted by atomic mass is 10.1. The van der Waals surface area contributed by atoms with Crippen molar-refractivity contribution in [3.05, 3.63) is 44.8 Å². The summed E-state index contributed by atoms with van der Waals surface area (Å²) in [7, 11) is 0. The number of rotatable bonds is 9. The van der Waals surface area contributed by atoms with Gasteiger partial charge in [-0.2, -0.15) is 0 Å². The SMILES string of the molecule is CCN(CCNC(Cc1cccs1)c1cccs1)C1CC1. The van der Waals surface area contributed by atoms with Gasteiger partial charge >= 0.3 is 0 Å². The predicted molar refractivity (Wildman–Crippen MR) is 93.4 cm³/mol. The Labute approximate surface area is 135 Å². The van der Waals surface area contributed by atoms with E-state index in [0.29, 0.717) is 6.04 Å². The molecule has 1 fully saturated rings. The first-order valence-corrected chi connectivity index (χ1v) is 9.66. The standard InChI is InChI=1S/C17H24N2S2/c1-2-19(14-7-8-14)10-9-18-16(17-6-4-12-21-17)13-15-5-3-11-20-15/h3-6,11-12,14,16,18H,2,7-10,13H2,1H3. The van der Waals surface area contributed by atoms with Crippen molar-refractivity contribution >= 4 is 22.7 Å². The van der Waals surface area contributed by atoms with Crippen LogP contribution in [0.15, 0.2) is 35.0 Å². The van der Waals surface area contributed by atoms with Gasteiger partial charge in [0.2, 0.25) is 0 Å². The van der Waals surface area contributed by atoms with Gasteiger partial charge in [0, 0.05) is 41.3 Å². The van der Waals surface area contributed by atoms with Crippen LogP contribution >= 0.6 is 22.7 Å². The second kappa shape index (κ2) is 7.54. The minimum absolute atomic E-state index is 0.460. The van der Waals surface area contributed by atoms with Crippen LogP contribution in [-0.2, 0) is 6.42 Å². The maximum atomic E-state index is 3.78. The van der Waals surface area contributed by atoms with Gasteiger partial charge in [0.1, 0.15) is 0 Å². The molecule has 1 unspecified atom stereocenters. The zero-order valence-electron chi connectivity index (χ0n) is 12.6. The molecule has 2 aromatic rings. The van der Waals surface area contributed by atoms with Gasteiger partial charge in [-0.15, -0.1) is 22.7 Å². The van der Waals surface area contributed by atoms with E-state index in [1.54, 1.807) is 0 Å². The monoisotopic (exact) mass is 320 g/mol. The van der Waals surface area contributed by atoms with Crippen LogP contribution in [0.25, 0.3) is 0 Å². The summed E-state index contributed by atoms with van der Waals surface area (Å²) in [6.45, 7) is 5.72. The molecule has 0 saturated heterocycles. The molecule has 1 saturated carbocycles. The third-order valence-corrected chi connectivity index (χ3v) is 6.02. The maximum absolute atomic E-state index is 3.78.